The van der Waals surface area contributed by atoms with Gasteiger partial charge in [-0.1, -0.05) is 12.1 Å². The highest BCUT2D eigenvalue weighted by Gasteiger charge is 2.18. The average molecular weight is 395 g/mol. The first-order valence-electron chi connectivity index (χ1n) is 7.72. The second-order valence-electron chi connectivity index (χ2n) is 5.50. The molecule has 2 rings (SSSR count). The minimum absolute atomic E-state index is 0.131. The first-order valence-corrected chi connectivity index (χ1v) is 9.20. The third-order valence-corrected chi connectivity index (χ3v) is 4.64. The molecule has 0 aliphatic rings. The lowest BCUT2D eigenvalue weighted by molar-refractivity contribution is -0.121. The van der Waals surface area contributed by atoms with E-state index in [0.717, 1.165) is 0 Å². The molecule has 0 bridgehead atoms. The van der Waals surface area contributed by atoms with Gasteiger partial charge in [0.1, 0.15) is 11.6 Å². The number of hydrazine groups is 1. The van der Waals surface area contributed by atoms with Crippen LogP contribution in [0.15, 0.2) is 47.4 Å². The second kappa shape index (κ2) is 8.60. The van der Waals surface area contributed by atoms with Gasteiger partial charge in [-0.05, 0) is 29.8 Å². The highest BCUT2D eigenvalue weighted by molar-refractivity contribution is 7.89. The molecular formula is C17H18FN3O5S. The topological polar surface area (TPSA) is 114 Å². The van der Waals surface area contributed by atoms with Crippen LogP contribution in [0, 0.1) is 5.82 Å². The zero-order chi connectivity index (χ0) is 20.0. The smallest absolute Gasteiger partial charge is 0.257 e. The van der Waals surface area contributed by atoms with Crippen LogP contribution in [0.1, 0.15) is 12.5 Å². The van der Waals surface area contributed by atoms with Crippen LogP contribution in [0.4, 0.5) is 10.1 Å². The number of amides is 2. The van der Waals surface area contributed by atoms with E-state index in [4.69, 9.17) is 4.74 Å². The molecule has 0 atom stereocenters. The number of ether oxygens (including phenoxy) is 1. The predicted octanol–water partition coefficient (Wildman–Crippen LogP) is 1.34. The molecule has 0 aromatic heterocycles. The molecule has 0 saturated carbocycles. The van der Waals surface area contributed by atoms with E-state index in [1.807, 2.05) is 4.83 Å². The van der Waals surface area contributed by atoms with Gasteiger partial charge in [-0.3, -0.25) is 15.0 Å². The van der Waals surface area contributed by atoms with Crippen LogP contribution >= 0.6 is 0 Å². The van der Waals surface area contributed by atoms with Gasteiger partial charge >= 0.3 is 0 Å². The van der Waals surface area contributed by atoms with Crippen molar-refractivity contribution in [2.24, 2.45) is 0 Å². The molecule has 0 radical (unpaired) electrons. The molecule has 10 heteroatoms. The first kappa shape index (κ1) is 20.3. The molecule has 0 unspecified atom stereocenters. The fraction of sp³-hybridized carbons (Fsp3) is 0.176. The minimum Gasteiger partial charge on any atom is -0.495 e. The molecule has 0 aliphatic heterocycles. The molecule has 0 aliphatic carbocycles. The largest absolute Gasteiger partial charge is 0.495 e. The molecule has 144 valence electrons. The monoisotopic (exact) mass is 395 g/mol. The second-order valence-corrected chi connectivity index (χ2v) is 7.18. The predicted molar refractivity (Wildman–Crippen MR) is 95.9 cm³/mol. The van der Waals surface area contributed by atoms with E-state index in [9.17, 15) is 22.4 Å². The van der Waals surface area contributed by atoms with E-state index in [-0.39, 0.29) is 23.0 Å². The maximum atomic E-state index is 12.9. The van der Waals surface area contributed by atoms with E-state index in [1.54, 1.807) is 0 Å². The Kier molecular flexibility index (Phi) is 6.48. The Balaban J connectivity index is 2.06. The molecule has 2 aromatic rings. The standard InChI is InChI=1S/C17H18FN3O5S/c1-11(22)19-15-8-7-14(10-16(15)26-2)27(24,25)21-20-17(23)9-12-3-5-13(18)6-4-12/h3-8,10,21H,9H2,1-2H3,(H,19,22)(H,20,23). The van der Waals surface area contributed by atoms with Crippen molar-refractivity contribution >= 4 is 27.5 Å². The Morgan fingerprint density at radius 1 is 1.11 bits per heavy atom. The summed E-state index contributed by atoms with van der Waals surface area (Å²) < 4.78 is 42.6. The van der Waals surface area contributed by atoms with E-state index in [2.05, 4.69) is 10.7 Å². The highest BCUT2D eigenvalue weighted by atomic mass is 32.2. The van der Waals surface area contributed by atoms with Crippen molar-refractivity contribution in [2.75, 3.05) is 12.4 Å². The van der Waals surface area contributed by atoms with Gasteiger partial charge < -0.3 is 10.1 Å². The molecule has 0 fully saturated rings. The number of sulfonamides is 1. The van der Waals surface area contributed by atoms with E-state index < -0.39 is 21.7 Å². The Morgan fingerprint density at radius 3 is 2.37 bits per heavy atom. The van der Waals surface area contributed by atoms with Crippen molar-refractivity contribution in [3.63, 3.8) is 0 Å². The molecule has 2 amide bonds. The van der Waals surface area contributed by atoms with Crippen LogP contribution in [-0.2, 0) is 26.0 Å². The number of methoxy groups -OCH3 is 1. The Labute approximate surface area is 155 Å². The summed E-state index contributed by atoms with van der Waals surface area (Å²) in [6, 6.07) is 9.09. The van der Waals surface area contributed by atoms with E-state index in [1.165, 1.54) is 56.5 Å². The summed E-state index contributed by atoms with van der Waals surface area (Å²) >= 11 is 0. The lowest BCUT2D eigenvalue weighted by Crippen LogP contribution is -2.42. The van der Waals surface area contributed by atoms with Crippen molar-refractivity contribution in [1.82, 2.24) is 10.3 Å². The molecule has 2 aromatic carbocycles. The number of hydrogen-bond acceptors (Lipinski definition) is 5. The summed E-state index contributed by atoms with van der Waals surface area (Å²) in [4.78, 5) is 24.8. The van der Waals surface area contributed by atoms with Crippen LogP contribution in [0.25, 0.3) is 0 Å². The molecule has 0 heterocycles. The quantitative estimate of drug-likeness (QED) is 0.613. The lowest BCUT2D eigenvalue weighted by atomic mass is 10.1. The SMILES string of the molecule is COc1cc(S(=O)(=O)NNC(=O)Cc2ccc(F)cc2)ccc1NC(C)=O. The fourth-order valence-electron chi connectivity index (χ4n) is 2.15. The number of rotatable bonds is 7. The minimum atomic E-state index is -4.07. The van der Waals surface area contributed by atoms with Crippen LogP contribution in [-0.4, -0.2) is 27.3 Å². The summed E-state index contributed by atoms with van der Waals surface area (Å²) in [5.41, 5.74) is 2.92. The summed E-state index contributed by atoms with van der Waals surface area (Å²) in [6.45, 7) is 1.31. The third kappa shape index (κ3) is 5.76. The summed E-state index contributed by atoms with van der Waals surface area (Å²) in [5, 5.41) is 2.51. The van der Waals surface area contributed by atoms with Gasteiger partial charge in [0.2, 0.25) is 11.8 Å². The third-order valence-electron chi connectivity index (χ3n) is 3.40. The van der Waals surface area contributed by atoms with E-state index in [0.29, 0.717) is 11.3 Å². The average Bonchev–Trinajstić information content (AvgIpc) is 2.62. The van der Waals surface area contributed by atoms with Gasteiger partial charge in [0, 0.05) is 13.0 Å². The molecule has 8 nitrogen and oxygen atoms in total. The van der Waals surface area contributed by atoms with Crippen molar-refractivity contribution in [3.8, 4) is 5.75 Å². The van der Waals surface area contributed by atoms with Crippen molar-refractivity contribution in [1.29, 1.82) is 0 Å². The number of benzene rings is 2. The van der Waals surface area contributed by atoms with Gasteiger partial charge in [0.25, 0.3) is 10.0 Å². The van der Waals surface area contributed by atoms with Crippen LogP contribution in [0.5, 0.6) is 5.75 Å². The first-order chi connectivity index (χ1) is 12.7. The molecule has 0 spiro atoms. The van der Waals surface area contributed by atoms with Gasteiger partial charge in [-0.15, -0.1) is 4.83 Å². The normalized spacial score (nSPS) is 10.9. The lowest BCUT2D eigenvalue weighted by Gasteiger charge is -2.12. The van der Waals surface area contributed by atoms with E-state index >= 15 is 0 Å². The molecule has 27 heavy (non-hydrogen) atoms. The maximum absolute atomic E-state index is 12.9. The van der Waals surface area contributed by atoms with Crippen molar-refractivity contribution in [3.05, 3.63) is 53.8 Å². The fourth-order valence-corrected chi connectivity index (χ4v) is 3.02. The number of carbonyl (C=O) groups excluding carboxylic acids is 2. The molecule has 3 N–H and O–H groups in total. The Morgan fingerprint density at radius 2 is 1.78 bits per heavy atom. The number of nitrogens with one attached hydrogen (secondary N) is 3. The van der Waals surface area contributed by atoms with Crippen LogP contribution in [0.3, 0.4) is 0 Å². The number of anilines is 1. The Bertz CT molecular complexity index is 946. The summed E-state index contributed by atoms with van der Waals surface area (Å²) in [5.74, 6) is -1.25. The van der Waals surface area contributed by atoms with Gasteiger partial charge in [0.05, 0.1) is 24.1 Å². The van der Waals surface area contributed by atoms with Crippen molar-refractivity contribution in [2.45, 2.75) is 18.2 Å². The number of halogens is 1. The highest BCUT2D eigenvalue weighted by Crippen LogP contribution is 2.27. The number of carbonyl (C=O) groups is 2. The summed E-state index contributed by atoms with van der Waals surface area (Å²) in [6.07, 6.45) is -0.131. The number of hydrogen-bond donors (Lipinski definition) is 3. The maximum Gasteiger partial charge on any atom is 0.257 e. The Hall–Kier alpha value is -2.98. The van der Waals surface area contributed by atoms with Gasteiger partial charge in [0.15, 0.2) is 0 Å². The zero-order valence-electron chi connectivity index (χ0n) is 14.6. The molecule has 0 saturated heterocycles. The van der Waals surface area contributed by atoms with Crippen molar-refractivity contribution < 1.29 is 27.1 Å². The van der Waals surface area contributed by atoms with Crippen LogP contribution < -0.4 is 20.3 Å². The van der Waals surface area contributed by atoms with Gasteiger partial charge in [-0.2, -0.15) is 0 Å². The van der Waals surface area contributed by atoms with Crippen LogP contribution in [0.2, 0.25) is 0 Å². The zero-order valence-corrected chi connectivity index (χ0v) is 15.4. The van der Waals surface area contributed by atoms with Gasteiger partial charge in [-0.25, -0.2) is 12.8 Å². The summed E-state index contributed by atoms with van der Waals surface area (Å²) in [7, 11) is -2.74. The molecular weight excluding hydrogens is 377 g/mol.